The molecule has 0 saturated carbocycles. The molecule has 0 fully saturated rings. The highest BCUT2D eigenvalue weighted by atomic mass is 16.3. The van der Waals surface area contributed by atoms with Crippen LogP contribution in [0.1, 0.15) is 53.4 Å². The predicted octanol–water partition coefficient (Wildman–Crippen LogP) is 2.97. The summed E-state index contributed by atoms with van der Waals surface area (Å²) >= 11 is 0. The van der Waals surface area contributed by atoms with Crippen LogP contribution in [0, 0.1) is 5.92 Å². The van der Waals surface area contributed by atoms with E-state index in [4.69, 9.17) is 0 Å². The fourth-order valence-electron chi connectivity index (χ4n) is 1.26. The third-order valence-electron chi connectivity index (χ3n) is 2.05. The summed E-state index contributed by atoms with van der Waals surface area (Å²) in [6, 6.07) is 0. The van der Waals surface area contributed by atoms with Gasteiger partial charge in [0.05, 0.1) is 5.60 Å². The largest absolute Gasteiger partial charge is 0.390 e. The molecule has 0 aliphatic rings. The predicted molar refractivity (Wildman–Crippen MR) is 49.6 cm³/mol. The van der Waals surface area contributed by atoms with Crippen molar-refractivity contribution in [3.8, 4) is 0 Å². The van der Waals surface area contributed by atoms with Crippen LogP contribution in [0.5, 0.6) is 0 Å². The minimum Gasteiger partial charge on any atom is -0.390 e. The van der Waals surface area contributed by atoms with Crippen molar-refractivity contribution in [2.45, 2.75) is 59.0 Å². The molecule has 0 spiro atoms. The number of rotatable bonds is 5. The zero-order valence-electron chi connectivity index (χ0n) is 8.35. The Morgan fingerprint density at radius 2 is 1.82 bits per heavy atom. The molecule has 0 aromatic heterocycles. The molecule has 1 heteroatoms. The van der Waals surface area contributed by atoms with Crippen molar-refractivity contribution in [1.29, 1.82) is 0 Å². The summed E-state index contributed by atoms with van der Waals surface area (Å²) < 4.78 is 0. The first-order chi connectivity index (χ1) is 4.98. The SMILES string of the molecule is CCC[C@](C)(O)CCC(C)C. The number of aliphatic hydroxyl groups is 1. The molecule has 0 amide bonds. The smallest absolute Gasteiger partial charge is 0.0619 e. The van der Waals surface area contributed by atoms with Crippen LogP contribution in [0.15, 0.2) is 0 Å². The van der Waals surface area contributed by atoms with Crippen LogP contribution in [0.3, 0.4) is 0 Å². The molecule has 11 heavy (non-hydrogen) atoms. The van der Waals surface area contributed by atoms with E-state index in [1.165, 1.54) is 0 Å². The van der Waals surface area contributed by atoms with Gasteiger partial charge >= 0.3 is 0 Å². The molecule has 0 radical (unpaired) electrons. The molecule has 0 saturated heterocycles. The molecular formula is C10H22O. The first kappa shape index (κ1) is 11.0. The van der Waals surface area contributed by atoms with Crippen molar-refractivity contribution in [3.63, 3.8) is 0 Å². The fraction of sp³-hybridized carbons (Fsp3) is 1.00. The molecule has 0 heterocycles. The molecule has 0 aliphatic carbocycles. The van der Waals surface area contributed by atoms with E-state index in [2.05, 4.69) is 20.8 Å². The highest BCUT2D eigenvalue weighted by molar-refractivity contribution is 4.71. The molecule has 0 bridgehead atoms. The second kappa shape index (κ2) is 4.76. The van der Waals surface area contributed by atoms with Gasteiger partial charge in [-0.3, -0.25) is 0 Å². The van der Waals surface area contributed by atoms with Crippen LogP contribution in [0.25, 0.3) is 0 Å². The van der Waals surface area contributed by atoms with E-state index in [9.17, 15) is 5.11 Å². The molecule has 0 aromatic rings. The normalized spacial score (nSPS) is 16.9. The Labute approximate surface area is 70.8 Å². The zero-order valence-corrected chi connectivity index (χ0v) is 8.35. The summed E-state index contributed by atoms with van der Waals surface area (Å²) in [6.45, 7) is 8.45. The summed E-state index contributed by atoms with van der Waals surface area (Å²) in [5.74, 6) is 0.707. The Bertz CT molecular complexity index is 95.0. The molecule has 68 valence electrons. The lowest BCUT2D eigenvalue weighted by Crippen LogP contribution is -2.23. The van der Waals surface area contributed by atoms with Crippen molar-refractivity contribution in [1.82, 2.24) is 0 Å². The molecule has 1 nitrogen and oxygen atoms in total. The lowest BCUT2D eigenvalue weighted by Gasteiger charge is -2.23. The van der Waals surface area contributed by atoms with Crippen molar-refractivity contribution in [2.24, 2.45) is 5.92 Å². The highest BCUT2D eigenvalue weighted by Gasteiger charge is 2.18. The van der Waals surface area contributed by atoms with E-state index in [0.717, 1.165) is 25.7 Å². The van der Waals surface area contributed by atoms with Gasteiger partial charge in [-0.1, -0.05) is 27.2 Å². The van der Waals surface area contributed by atoms with Gasteiger partial charge in [0.15, 0.2) is 0 Å². The van der Waals surface area contributed by atoms with Crippen LogP contribution in [0.2, 0.25) is 0 Å². The number of hydrogen-bond acceptors (Lipinski definition) is 1. The van der Waals surface area contributed by atoms with E-state index in [1.54, 1.807) is 0 Å². The van der Waals surface area contributed by atoms with Gasteiger partial charge in [-0.2, -0.15) is 0 Å². The van der Waals surface area contributed by atoms with Crippen molar-refractivity contribution < 1.29 is 5.11 Å². The zero-order chi connectivity index (χ0) is 8.91. The van der Waals surface area contributed by atoms with E-state index < -0.39 is 5.60 Å². The van der Waals surface area contributed by atoms with E-state index in [-0.39, 0.29) is 0 Å². The maximum absolute atomic E-state index is 9.76. The minimum absolute atomic E-state index is 0.418. The van der Waals surface area contributed by atoms with Gasteiger partial charge < -0.3 is 5.11 Å². The molecule has 0 unspecified atom stereocenters. The quantitative estimate of drug-likeness (QED) is 0.652. The van der Waals surface area contributed by atoms with Crippen LogP contribution < -0.4 is 0 Å². The average molecular weight is 158 g/mol. The van der Waals surface area contributed by atoms with Crippen LogP contribution >= 0.6 is 0 Å². The Morgan fingerprint density at radius 1 is 1.27 bits per heavy atom. The maximum atomic E-state index is 9.76. The maximum Gasteiger partial charge on any atom is 0.0619 e. The Balaban J connectivity index is 3.54. The molecule has 1 N–H and O–H groups in total. The monoisotopic (exact) mass is 158 g/mol. The van der Waals surface area contributed by atoms with Gasteiger partial charge in [0, 0.05) is 0 Å². The first-order valence-corrected chi connectivity index (χ1v) is 4.70. The van der Waals surface area contributed by atoms with Crippen molar-refractivity contribution in [2.75, 3.05) is 0 Å². The molecule has 0 aromatic carbocycles. The third kappa shape index (κ3) is 6.36. The van der Waals surface area contributed by atoms with Gasteiger partial charge in [0.2, 0.25) is 0 Å². The lowest BCUT2D eigenvalue weighted by atomic mass is 9.91. The summed E-state index contributed by atoms with van der Waals surface area (Å²) in [7, 11) is 0. The minimum atomic E-state index is -0.418. The van der Waals surface area contributed by atoms with E-state index >= 15 is 0 Å². The molecule has 0 aliphatic heterocycles. The fourth-order valence-corrected chi connectivity index (χ4v) is 1.26. The van der Waals surface area contributed by atoms with Gasteiger partial charge in [-0.05, 0) is 32.1 Å². The van der Waals surface area contributed by atoms with Crippen molar-refractivity contribution in [3.05, 3.63) is 0 Å². The van der Waals surface area contributed by atoms with Crippen molar-refractivity contribution >= 4 is 0 Å². The third-order valence-corrected chi connectivity index (χ3v) is 2.05. The van der Waals surface area contributed by atoms with Crippen LogP contribution in [0.4, 0.5) is 0 Å². The topological polar surface area (TPSA) is 20.2 Å². The Morgan fingerprint density at radius 3 is 2.18 bits per heavy atom. The second-order valence-corrected chi connectivity index (χ2v) is 4.18. The van der Waals surface area contributed by atoms with Gasteiger partial charge in [0.1, 0.15) is 0 Å². The summed E-state index contributed by atoms with van der Waals surface area (Å²) in [5, 5.41) is 9.76. The van der Waals surface area contributed by atoms with Gasteiger partial charge in [-0.15, -0.1) is 0 Å². The molecule has 0 rings (SSSR count). The van der Waals surface area contributed by atoms with E-state index in [0.29, 0.717) is 5.92 Å². The standard InChI is InChI=1S/C10H22O/c1-5-7-10(4,11)8-6-9(2)3/h9,11H,5-8H2,1-4H3/t10-/m0/s1. The average Bonchev–Trinajstić information content (AvgIpc) is 1.84. The molecular weight excluding hydrogens is 136 g/mol. The van der Waals surface area contributed by atoms with Crippen LogP contribution in [-0.4, -0.2) is 10.7 Å². The number of hydrogen-bond donors (Lipinski definition) is 1. The van der Waals surface area contributed by atoms with E-state index in [1.807, 2.05) is 6.92 Å². The molecule has 1 atom stereocenters. The van der Waals surface area contributed by atoms with Gasteiger partial charge in [0.25, 0.3) is 0 Å². The second-order valence-electron chi connectivity index (χ2n) is 4.18. The Kier molecular flexibility index (Phi) is 4.74. The van der Waals surface area contributed by atoms with Gasteiger partial charge in [-0.25, -0.2) is 0 Å². The highest BCUT2D eigenvalue weighted by Crippen LogP contribution is 2.20. The Hall–Kier alpha value is -0.0400. The summed E-state index contributed by atoms with van der Waals surface area (Å²) in [6.07, 6.45) is 4.08. The summed E-state index contributed by atoms with van der Waals surface area (Å²) in [5.41, 5.74) is -0.418. The lowest BCUT2D eigenvalue weighted by molar-refractivity contribution is 0.0360. The van der Waals surface area contributed by atoms with Crippen LogP contribution in [-0.2, 0) is 0 Å². The summed E-state index contributed by atoms with van der Waals surface area (Å²) in [4.78, 5) is 0. The first-order valence-electron chi connectivity index (χ1n) is 4.70.